The second-order valence-corrected chi connectivity index (χ2v) is 10.1. The molecule has 5 rings (SSSR count). The van der Waals surface area contributed by atoms with Crippen molar-refractivity contribution < 1.29 is 9.90 Å². The standard InChI is InChI=1S/C23H25BrN6O2S/c1-13(31)23(32)29-7-4-14(5-8-29)20-19(24)21(25)30-22(28-20)17(11-27-30)15-2-3-18(26-10-15)16-6-9-33-12-16/h2-3,6,9-14,20,28,31H,4-5,7-8,25H2,1H3/t13-,20?/m1/s1. The molecule has 2 aliphatic heterocycles. The number of nitrogens with two attached hydrogens (primary N) is 1. The number of carbonyl (C=O) groups is 1. The minimum Gasteiger partial charge on any atom is -0.384 e. The number of piperidine rings is 1. The van der Waals surface area contributed by atoms with E-state index in [4.69, 9.17) is 5.73 Å². The van der Waals surface area contributed by atoms with Crippen molar-refractivity contribution in [3.63, 3.8) is 0 Å². The lowest BCUT2D eigenvalue weighted by molar-refractivity contribution is -0.140. The molecule has 0 spiro atoms. The molecule has 0 radical (unpaired) electrons. The maximum atomic E-state index is 12.1. The number of hydrogen-bond donors (Lipinski definition) is 3. The number of anilines is 1. The van der Waals surface area contributed by atoms with E-state index in [9.17, 15) is 9.90 Å². The van der Waals surface area contributed by atoms with Crippen LogP contribution >= 0.6 is 27.3 Å². The summed E-state index contributed by atoms with van der Waals surface area (Å²) in [6.45, 7) is 2.75. The number of pyridine rings is 1. The average molecular weight is 529 g/mol. The fourth-order valence-electron chi connectivity index (χ4n) is 4.53. The molecule has 2 atom stereocenters. The fraction of sp³-hybridized carbons (Fsp3) is 0.348. The highest BCUT2D eigenvalue weighted by molar-refractivity contribution is 9.11. The molecule has 2 aliphatic rings. The Morgan fingerprint density at radius 3 is 2.70 bits per heavy atom. The normalized spacial score (nSPS) is 19.8. The molecule has 1 fully saturated rings. The minimum absolute atomic E-state index is 0.0187. The van der Waals surface area contributed by atoms with Crippen molar-refractivity contribution in [1.82, 2.24) is 19.7 Å². The summed E-state index contributed by atoms with van der Waals surface area (Å²) in [7, 11) is 0. The molecule has 5 heterocycles. The van der Waals surface area contributed by atoms with Gasteiger partial charge in [-0.05, 0) is 59.1 Å². The third-order valence-corrected chi connectivity index (χ3v) is 7.96. The SMILES string of the molecule is C[C@@H](O)C(=O)N1CCC(C2Nc3c(-c4ccc(-c5ccsc5)nc4)cnn3C(N)=C2Br)CC1. The maximum Gasteiger partial charge on any atom is 0.251 e. The highest BCUT2D eigenvalue weighted by Gasteiger charge is 2.36. The van der Waals surface area contributed by atoms with Gasteiger partial charge >= 0.3 is 0 Å². The van der Waals surface area contributed by atoms with Gasteiger partial charge in [-0.3, -0.25) is 9.78 Å². The molecule has 4 N–H and O–H groups in total. The summed E-state index contributed by atoms with van der Waals surface area (Å²) >= 11 is 5.34. The first-order valence-corrected chi connectivity index (χ1v) is 12.6. The number of carbonyl (C=O) groups excluding carboxylic acids is 1. The summed E-state index contributed by atoms with van der Waals surface area (Å²) in [6.07, 6.45) is 4.35. The van der Waals surface area contributed by atoms with Gasteiger partial charge in [0.05, 0.1) is 22.4 Å². The summed E-state index contributed by atoms with van der Waals surface area (Å²) in [5.41, 5.74) is 10.4. The Morgan fingerprint density at radius 2 is 2.06 bits per heavy atom. The number of likely N-dealkylation sites (tertiary alicyclic amines) is 1. The highest BCUT2D eigenvalue weighted by atomic mass is 79.9. The molecule has 1 saturated heterocycles. The van der Waals surface area contributed by atoms with E-state index in [2.05, 4.69) is 48.8 Å². The smallest absolute Gasteiger partial charge is 0.251 e. The molecule has 1 amide bonds. The Hall–Kier alpha value is -2.69. The van der Waals surface area contributed by atoms with E-state index >= 15 is 0 Å². The van der Waals surface area contributed by atoms with E-state index < -0.39 is 6.10 Å². The third kappa shape index (κ3) is 4.07. The zero-order valence-electron chi connectivity index (χ0n) is 18.1. The lowest BCUT2D eigenvalue weighted by Gasteiger charge is -2.39. The van der Waals surface area contributed by atoms with Gasteiger partial charge in [0.25, 0.3) is 5.91 Å². The van der Waals surface area contributed by atoms with E-state index in [1.165, 1.54) is 6.92 Å². The van der Waals surface area contributed by atoms with Crippen molar-refractivity contribution in [1.29, 1.82) is 0 Å². The number of aliphatic hydroxyl groups is 1. The van der Waals surface area contributed by atoms with Gasteiger partial charge in [-0.1, -0.05) is 6.07 Å². The zero-order valence-corrected chi connectivity index (χ0v) is 20.5. The summed E-state index contributed by atoms with van der Waals surface area (Å²) in [4.78, 5) is 18.5. The summed E-state index contributed by atoms with van der Waals surface area (Å²) < 4.78 is 2.59. The van der Waals surface area contributed by atoms with E-state index in [1.54, 1.807) is 20.9 Å². The van der Waals surface area contributed by atoms with Gasteiger partial charge in [0, 0.05) is 41.4 Å². The number of nitrogens with zero attached hydrogens (tertiary/aromatic N) is 4. The Bertz CT molecular complexity index is 1180. The van der Waals surface area contributed by atoms with Crippen LogP contribution in [0.5, 0.6) is 0 Å². The quantitative estimate of drug-likeness (QED) is 0.477. The van der Waals surface area contributed by atoms with Crippen molar-refractivity contribution in [3.8, 4) is 22.4 Å². The van der Waals surface area contributed by atoms with E-state index in [-0.39, 0.29) is 17.9 Å². The third-order valence-electron chi connectivity index (χ3n) is 6.38. The molecule has 1 unspecified atom stereocenters. The van der Waals surface area contributed by atoms with E-state index in [1.807, 2.05) is 23.8 Å². The predicted molar refractivity (Wildman–Crippen MR) is 133 cm³/mol. The van der Waals surface area contributed by atoms with Gasteiger partial charge in [0.15, 0.2) is 0 Å². The Kier molecular flexibility index (Phi) is 5.98. The number of amides is 1. The number of hydrogen-bond acceptors (Lipinski definition) is 7. The Labute approximate surface area is 204 Å². The van der Waals surface area contributed by atoms with Gasteiger partial charge in [-0.15, -0.1) is 0 Å². The topological polar surface area (TPSA) is 109 Å². The van der Waals surface area contributed by atoms with E-state index in [0.717, 1.165) is 45.5 Å². The van der Waals surface area contributed by atoms with Gasteiger partial charge in [0.2, 0.25) is 0 Å². The summed E-state index contributed by atoms with van der Waals surface area (Å²) in [5, 5.41) is 21.9. The number of nitrogens with one attached hydrogen (secondary N) is 1. The van der Waals surface area contributed by atoms with Crippen molar-refractivity contribution >= 4 is 44.8 Å². The lowest BCUT2D eigenvalue weighted by Crippen LogP contribution is -2.47. The average Bonchev–Trinajstić information content (AvgIpc) is 3.51. The van der Waals surface area contributed by atoms with Crippen LogP contribution in [0.4, 0.5) is 5.82 Å². The largest absolute Gasteiger partial charge is 0.384 e. The molecule has 0 aliphatic carbocycles. The molecule has 0 aromatic carbocycles. The molecule has 0 bridgehead atoms. The van der Waals surface area contributed by atoms with Gasteiger partial charge in [0.1, 0.15) is 17.7 Å². The van der Waals surface area contributed by atoms with Crippen molar-refractivity contribution in [2.24, 2.45) is 11.7 Å². The van der Waals surface area contributed by atoms with Crippen LogP contribution in [-0.2, 0) is 4.79 Å². The molecule has 10 heteroatoms. The van der Waals surface area contributed by atoms with Crippen LogP contribution in [0.3, 0.4) is 0 Å². The van der Waals surface area contributed by atoms with Crippen LogP contribution in [0, 0.1) is 5.92 Å². The molecular weight excluding hydrogens is 504 g/mol. The van der Waals surface area contributed by atoms with Gasteiger partial charge in [-0.2, -0.15) is 16.4 Å². The van der Waals surface area contributed by atoms with Crippen LogP contribution in [0.1, 0.15) is 19.8 Å². The molecule has 8 nitrogen and oxygen atoms in total. The fourth-order valence-corrected chi connectivity index (χ4v) is 5.83. The van der Waals surface area contributed by atoms with Gasteiger partial charge < -0.3 is 21.1 Å². The number of thiophene rings is 1. The van der Waals surface area contributed by atoms with Gasteiger partial charge in [-0.25, -0.2) is 4.68 Å². The van der Waals surface area contributed by atoms with Crippen LogP contribution in [-0.4, -0.2) is 55.9 Å². The molecule has 33 heavy (non-hydrogen) atoms. The number of halogens is 1. The van der Waals surface area contributed by atoms with Crippen LogP contribution < -0.4 is 11.1 Å². The summed E-state index contributed by atoms with van der Waals surface area (Å²) in [5.74, 6) is 1.48. The Morgan fingerprint density at radius 1 is 1.27 bits per heavy atom. The molecule has 0 saturated carbocycles. The number of aromatic nitrogens is 3. The number of aliphatic hydroxyl groups excluding tert-OH is 1. The van der Waals surface area contributed by atoms with Crippen molar-refractivity contribution in [3.05, 3.63) is 45.8 Å². The first-order chi connectivity index (χ1) is 15.9. The first-order valence-electron chi connectivity index (χ1n) is 10.9. The Balaban J connectivity index is 1.38. The summed E-state index contributed by atoms with van der Waals surface area (Å²) in [6, 6.07) is 6.11. The van der Waals surface area contributed by atoms with Crippen molar-refractivity contribution in [2.75, 3.05) is 18.4 Å². The monoisotopic (exact) mass is 528 g/mol. The van der Waals surface area contributed by atoms with E-state index in [0.29, 0.717) is 18.9 Å². The number of rotatable bonds is 4. The van der Waals surface area contributed by atoms with Crippen LogP contribution in [0.15, 0.2) is 45.8 Å². The lowest BCUT2D eigenvalue weighted by atomic mass is 9.88. The molecule has 172 valence electrons. The highest BCUT2D eigenvalue weighted by Crippen LogP contribution is 2.40. The van der Waals surface area contributed by atoms with Crippen LogP contribution in [0.25, 0.3) is 28.2 Å². The number of fused-ring (bicyclic) bond motifs is 1. The minimum atomic E-state index is -0.965. The first kappa shape index (κ1) is 22.1. The molecule has 3 aromatic rings. The van der Waals surface area contributed by atoms with Crippen molar-refractivity contribution in [2.45, 2.75) is 31.9 Å². The predicted octanol–water partition coefficient (Wildman–Crippen LogP) is 3.57. The second-order valence-electron chi connectivity index (χ2n) is 8.46. The maximum absolute atomic E-state index is 12.1. The second kappa shape index (κ2) is 8.92. The molecular formula is C23H25BrN6O2S. The van der Waals surface area contributed by atoms with Crippen LogP contribution in [0.2, 0.25) is 0 Å². The zero-order chi connectivity index (χ0) is 23.1. The molecule has 3 aromatic heterocycles.